The zero-order chi connectivity index (χ0) is 20.5. The number of aromatic amines is 1. The summed E-state index contributed by atoms with van der Waals surface area (Å²) in [6.45, 7) is 1.21. The number of nitrogens with zero attached hydrogens (tertiary/aromatic N) is 1. The first kappa shape index (κ1) is 21.4. The Labute approximate surface area is 161 Å². The summed E-state index contributed by atoms with van der Waals surface area (Å²) in [6.07, 6.45) is 2.37. The lowest BCUT2D eigenvalue weighted by molar-refractivity contribution is -0.121. The van der Waals surface area contributed by atoms with Crippen LogP contribution in [0.15, 0.2) is 27.8 Å². The number of unbranched alkanes of at least 4 members (excludes halogenated alkanes) is 2. The van der Waals surface area contributed by atoms with Crippen LogP contribution in [-0.2, 0) is 20.8 Å². The molecular weight excluding hydrogens is 366 g/mol. The van der Waals surface area contributed by atoms with Crippen LogP contribution < -0.4 is 16.6 Å². The highest BCUT2D eigenvalue weighted by Crippen LogP contribution is 2.10. The lowest BCUT2D eigenvalue weighted by Gasteiger charge is -2.08. The van der Waals surface area contributed by atoms with E-state index in [2.05, 4.69) is 15.0 Å². The molecule has 0 radical (unpaired) electrons. The Morgan fingerprint density at radius 2 is 1.93 bits per heavy atom. The zero-order valence-electron chi connectivity index (χ0n) is 16.1. The topological polar surface area (TPSA) is 119 Å². The number of carbonyl (C=O) groups excluding carboxylic acids is 2. The van der Waals surface area contributed by atoms with Crippen molar-refractivity contribution in [2.75, 3.05) is 27.4 Å². The molecule has 1 heterocycles. The van der Waals surface area contributed by atoms with E-state index in [1.54, 1.807) is 7.11 Å². The molecule has 0 atom stereocenters. The van der Waals surface area contributed by atoms with Gasteiger partial charge >= 0.3 is 11.7 Å². The van der Waals surface area contributed by atoms with Crippen LogP contribution in [0, 0.1) is 0 Å². The highest BCUT2D eigenvalue weighted by atomic mass is 16.5. The van der Waals surface area contributed by atoms with Crippen LogP contribution in [0.25, 0.3) is 10.9 Å². The molecule has 152 valence electrons. The van der Waals surface area contributed by atoms with Gasteiger partial charge in [-0.3, -0.25) is 14.2 Å². The number of benzene rings is 1. The Hall–Kier alpha value is -2.94. The molecule has 0 aliphatic heterocycles. The fourth-order valence-corrected chi connectivity index (χ4v) is 2.82. The molecule has 9 nitrogen and oxygen atoms in total. The zero-order valence-corrected chi connectivity index (χ0v) is 16.1. The summed E-state index contributed by atoms with van der Waals surface area (Å²) < 4.78 is 10.6. The summed E-state index contributed by atoms with van der Waals surface area (Å²) in [5.74, 6) is -0.586. The highest BCUT2D eigenvalue weighted by Gasteiger charge is 2.11. The van der Waals surface area contributed by atoms with Crippen LogP contribution in [0.3, 0.4) is 0 Å². The van der Waals surface area contributed by atoms with Crippen molar-refractivity contribution in [1.82, 2.24) is 14.9 Å². The SMILES string of the molecule is COCCNC(=O)CCCCCn1c(=O)[nH]c2cc(C(=O)OC)ccc2c1=O. The number of hydrogen-bond donors (Lipinski definition) is 2. The van der Waals surface area contributed by atoms with E-state index in [0.29, 0.717) is 49.7 Å². The molecule has 2 rings (SSSR count). The van der Waals surface area contributed by atoms with Crippen molar-refractivity contribution in [3.05, 3.63) is 44.6 Å². The molecule has 0 fully saturated rings. The van der Waals surface area contributed by atoms with Crippen LogP contribution >= 0.6 is 0 Å². The summed E-state index contributed by atoms with van der Waals surface area (Å²) >= 11 is 0. The van der Waals surface area contributed by atoms with E-state index in [0.717, 1.165) is 4.57 Å². The smallest absolute Gasteiger partial charge is 0.337 e. The maximum absolute atomic E-state index is 12.6. The maximum Gasteiger partial charge on any atom is 0.337 e. The number of ether oxygens (including phenoxy) is 2. The average molecular weight is 391 g/mol. The van der Waals surface area contributed by atoms with Gasteiger partial charge in [0.1, 0.15) is 0 Å². The van der Waals surface area contributed by atoms with Crippen molar-refractivity contribution in [3.63, 3.8) is 0 Å². The molecule has 9 heteroatoms. The number of carbonyl (C=O) groups is 2. The van der Waals surface area contributed by atoms with Crippen LogP contribution in [0.5, 0.6) is 0 Å². The normalized spacial score (nSPS) is 10.8. The van der Waals surface area contributed by atoms with Gasteiger partial charge in [-0.15, -0.1) is 0 Å². The van der Waals surface area contributed by atoms with Crippen molar-refractivity contribution < 1.29 is 19.1 Å². The minimum Gasteiger partial charge on any atom is -0.465 e. The second-order valence-electron chi connectivity index (χ2n) is 6.29. The van der Waals surface area contributed by atoms with Gasteiger partial charge in [0.15, 0.2) is 0 Å². The number of hydrogen-bond acceptors (Lipinski definition) is 6. The van der Waals surface area contributed by atoms with Crippen molar-refractivity contribution >= 4 is 22.8 Å². The van der Waals surface area contributed by atoms with E-state index in [9.17, 15) is 19.2 Å². The maximum atomic E-state index is 12.6. The molecule has 0 bridgehead atoms. The number of H-pyrrole nitrogens is 1. The number of amides is 1. The first-order chi connectivity index (χ1) is 13.5. The number of fused-ring (bicyclic) bond motifs is 1. The van der Waals surface area contributed by atoms with E-state index in [4.69, 9.17) is 4.74 Å². The van der Waals surface area contributed by atoms with Gasteiger partial charge in [0.2, 0.25) is 5.91 Å². The number of esters is 1. The summed E-state index contributed by atoms with van der Waals surface area (Å²) in [4.78, 5) is 50.6. The van der Waals surface area contributed by atoms with Crippen LogP contribution in [0.2, 0.25) is 0 Å². The van der Waals surface area contributed by atoms with E-state index >= 15 is 0 Å². The van der Waals surface area contributed by atoms with Crippen molar-refractivity contribution in [1.29, 1.82) is 0 Å². The van der Waals surface area contributed by atoms with E-state index in [1.165, 1.54) is 25.3 Å². The van der Waals surface area contributed by atoms with Crippen LogP contribution in [-0.4, -0.2) is 48.8 Å². The van der Waals surface area contributed by atoms with E-state index < -0.39 is 17.2 Å². The molecule has 2 aromatic rings. The van der Waals surface area contributed by atoms with Crippen molar-refractivity contribution in [2.45, 2.75) is 32.2 Å². The predicted octanol–water partition coefficient (Wildman–Crippen LogP) is 0.799. The molecule has 0 saturated heterocycles. The first-order valence-electron chi connectivity index (χ1n) is 9.08. The molecule has 0 unspecified atom stereocenters. The molecule has 1 aromatic carbocycles. The van der Waals surface area contributed by atoms with Crippen LogP contribution in [0.1, 0.15) is 36.0 Å². The predicted molar refractivity (Wildman–Crippen MR) is 104 cm³/mol. The quantitative estimate of drug-likeness (QED) is 0.457. The Balaban J connectivity index is 1.96. The molecule has 0 saturated carbocycles. The fourth-order valence-electron chi connectivity index (χ4n) is 2.82. The van der Waals surface area contributed by atoms with E-state index in [-0.39, 0.29) is 18.0 Å². The van der Waals surface area contributed by atoms with Crippen molar-refractivity contribution in [2.24, 2.45) is 0 Å². The molecule has 0 aliphatic carbocycles. The number of nitrogens with one attached hydrogen (secondary N) is 2. The summed E-state index contributed by atoms with van der Waals surface area (Å²) in [7, 11) is 2.83. The molecule has 1 aromatic heterocycles. The summed E-state index contributed by atoms with van der Waals surface area (Å²) in [6, 6.07) is 4.41. The minimum absolute atomic E-state index is 0.0424. The fraction of sp³-hybridized carbons (Fsp3) is 0.474. The second kappa shape index (κ2) is 10.4. The number of rotatable bonds is 10. The first-order valence-corrected chi connectivity index (χ1v) is 9.08. The summed E-state index contributed by atoms with van der Waals surface area (Å²) in [5, 5.41) is 3.06. The van der Waals surface area contributed by atoms with Crippen molar-refractivity contribution in [3.8, 4) is 0 Å². The average Bonchev–Trinajstić information content (AvgIpc) is 2.69. The van der Waals surface area contributed by atoms with Gasteiger partial charge in [-0.25, -0.2) is 9.59 Å². The van der Waals surface area contributed by atoms with Gasteiger partial charge in [0.05, 0.1) is 30.2 Å². The summed E-state index contributed by atoms with van der Waals surface area (Å²) in [5.41, 5.74) is -0.391. The Bertz CT molecular complexity index is 947. The van der Waals surface area contributed by atoms with Gasteiger partial charge in [-0.1, -0.05) is 6.42 Å². The van der Waals surface area contributed by atoms with Gasteiger partial charge in [0, 0.05) is 26.6 Å². The van der Waals surface area contributed by atoms with Gasteiger partial charge in [0.25, 0.3) is 5.56 Å². The molecular formula is C19H25N3O6. The third-order valence-electron chi connectivity index (χ3n) is 4.32. The standard InChI is InChI=1S/C19H25N3O6/c1-27-11-9-20-16(23)6-4-3-5-10-22-17(24)14-8-7-13(18(25)28-2)12-15(14)21-19(22)26/h7-8,12H,3-6,9-11H2,1-2H3,(H,20,23)(H,21,26). The lowest BCUT2D eigenvalue weighted by Crippen LogP contribution is -2.35. The number of aromatic nitrogens is 2. The third kappa shape index (κ3) is 5.53. The molecule has 1 amide bonds. The largest absolute Gasteiger partial charge is 0.465 e. The number of methoxy groups -OCH3 is 2. The van der Waals surface area contributed by atoms with Crippen LogP contribution in [0.4, 0.5) is 0 Å². The molecule has 2 N–H and O–H groups in total. The Morgan fingerprint density at radius 3 is 2.64 bits per heavy atom. The molecule has 0 aliphatic rings. The van der Waals surface area contributed by atoms with E-state index in [1.807, 2.05) is 0 Å². The minimum atomic E-state index is -0.543. The second-order valence-corrected chi connectivity index (χ2v) is 6.29. The molecule has 0 spiro atoms. The molecule has 28 heavy (non-hydrogen) atoms. The Kier molecular flexibility index (Phi) is 7.94. The van der Waals surface area contributed by atoms with Gasteiger partial charge in [-0.05, 0) is 31.0 Å². The highest BCUT2D eigenvalue weighted by molar-refractivity contribution is 5.93. The lowest BCUT2D eigenvalue weighted by atomic mass is 10.1. The third-order valence-corrected chi connectivity index (χ3v) is 4.32. The van der Waals surface area contributed by atoms with Gasteiger partial charge in [-0.2, -0.15) is 0 Å². The Morgan fingerprint density at radius 1 is 1.14 bits per heavy atom. The van der Waals surface area contributed by atoms with Gasteiger partial charge < -0.3 is 19.8 Å². The monoisotopic (exact) mass is 391 g/mol.